The summed E-state index contributed by atoms with van der Waals surface area (Å²) in [6, 6.07) is -0.469. The van der Waals surface area contributed by atoms with Crippen LogP contribution in [0.2, 0.25) is 0 Å². The highest BCUT2D eigenvalue weighted by Gasteiger charge is 2.66. The molecule has 0 aromatic carbocycles. The zero-order chi connectivity index (χ0) is 8.06. The maximum atomic E-state index is 12.0. The van der Waals surface area contributed by atoms with Crippen molar-refractivity contribution >= 4 is 0 Å². The summed E-state index contributed by atoms with van der Waals surface area (Å²) < 4.78 is 41.0. The molecule has 0 bridgehead atoms. The normalized spacial score (nSPS) is 43.4. The van der Waals surface area contributed by atoms with Crippen LogP contribution >= 0.6 is 0 Å². The van der Waals surface area contributed by atoms with Crippen LogP contribution in [0.5, 0.6) is 0 Å². The van der Waals surface area contributed by atoms with Gasteiger partial charge in [0.1, 0.15) is 5.92 Å². The van der Waals surface area contributed by atoms with Crippen molar-refractivity contribution < 1.29 is 17.9 Å². The first-order valence-corrected chi connectivity index (χ1v) is 3.52. The molecule has 1 saturated heterocycles. The van der Waals surface area contributed by atoms with Gasteiger partial charge in [0.15, 0.2) is 0 Å². The molecule has 0 unspecified atom stereocenters. The fourth-order valence-corrected chi connectivity index (χ4v) is 1.54. The van der Waals surface area contributed by atoms with Gasteiger partial charge < -0.3 is 10.1 Å². The lowest BCUT2D eigenvalue weighted by Gasteiger charge is -2.09. The lowest BCUT2D eigenvalue weighted by Crippen LogP contribution is -2.31. The molecule has 1 heterocycles. The van der Waals surface area contributed by atoms with Crippen LogP contribution in [0.15, 0.2) is 0 Å². The third-order valence-electron chi connectivity index (χ3n) is 2.12. The molecule has 0 aromatic heterocycles. The highest BCUT2D eigenvalue weighted by molar-refractivity contribution is 5.10. The van der Waals surface area contributed by atoms with Gasteiger partial charge in [-0.2, -0.15) is 13.2 Å². The van der Waals surface area contributed by atoms with E-state index in [0.717, 1.165) is 0 Å². The Balaban J connectivity index is 2.00. The minimum Gasteiger partial charge on any atom is -0.375 e. The Morgan fingerprint density at radius 3 is 2.55 bits per heavy atom. The van der Waals surface area contributed by atoms with Gasteiger partial charge in [0, 0.05) is 12.6 Å². The smallest absolute Gasteiger partial charge is 0.375 e. The number of hydrogen-bond acceptors (Lipinski definition) is 2. The first-order valence-electron chi connectivity index (χ1n) is 3.52. The average molecular weight is 167 g/mol. The van der Waals surface area contributed by atoms with E-state index in [4.69, 9.17) is 4.74 Å². The van der Waals surface area contributed by atoms with Crippen LogP contribution in [0, 0.1) is 5.92 Å². The third-order valence-corrected chi connectivity index (χ3v) is 2.12. The summed E-state index contributed by atoms with van der Waals surface area (Å²) in [5.74, 6) is -1.26. The molecule has 0 radical (unpaired) electrons. The molecule has 1 saturated carbocycles. The second kappa shape index (κ2) is 2.10. The van der Waals surface area contributed by atoms with Crippen LogP contribution in [-0.4, -0.2) is 31.5 Å². The van der Waals surface area contributed by atoms with E-state index >= 15 is 0 Å². The van der Waals surface area contributed by atoms with Crippen molar-refractivity contribution in [2.75, 3.05) is 13.2 Å². The Morgan fingerprint density at radius 1 is 1.36 bits per heavy atom. The van der Waals surface area contributed by atoms with Crippen LogP contribution in [0.1, 0.15) is 0 Å². The minimum absolute atomic E-state index is 0.397. The second-order valence-corrected chi connectivity index (χ2v) is 2.88. The molecule has 5 heteroatoms. The molecule has 0 spiro atoms. The number of morpholine rings is 1. The number of rotatable bonds is 0. The van der Waals surface area contributed by atoms with Crippen LogP contribution in [0.3, 0.4) is 0 Å². The van der Waals surface area contributed by atoms with Crippen LogP contribution in [0.4, 0.5) is 13.2 Å². The van der Waals surface area contributed by atoms with E-state index in [9.17, 15) is 13.2 Å². The third kappa shape index (κ3) is 1.12. The summed E-state index contributed by atoms with van der Waals surface area (Å²) in [5, 5.41) is 2.77. The SMILES string of the molecule is FC(F)(F)[C@@H]1[C@H]2NCCO[C@H]21. The summed E-state index contributed by atoms with van der Waals surface area (Å²) in [7, 11) is 0. The van der Waals surface area contributed by atoms with Gasteiger partial charge >= 0.3 is 6.18 Å². The van der Waals surface area contributed by atoms with E-state index in [0.29, 0.717) is 13.2 Å². The molecule has 0 aromatic rings. The Hall–Kier alpha value is -0.290. The maximum absolute atomic E-state index is 12.0. The molecule has 1 aliphatic carbocycles. The summed E-state index contributed by atoms with van der Waals surface area (Å²) in [6.45, 7) is 0.932. The van der Waals surface area contributed by atoms with Crippen molar-refractivity contribution in [3.05, 3.63) is 0 Å². The molecule has 2 aliphatic rings. The zero-order valence-electron chi connectivity index (χ0n) is 5.69. The van der Waals surface area contributed by atoms with Gasteiger partial charge in [-0.15, -0.1) is 0 Å². The standard InChI is InChI=1S/C6H8F3NO/c7-6(8,9)3-4-5(3)11-2-1-10-4/h3-5,10H,1-2H2/t3-,4-,5+/m1/s1. The lowest BCUT2D eigenvalue weighted by molar-refractivity contribution is -0.156. The molecule has 1 N–H and O–H groups in total. The largest absolute Gasteiger partial charge is 0.395 e. The van der Waals surface area contributed by atoms with E-state index < -0.39 is 24.2 Å². The molecule has 2 rings (SSSR count). The molecule has 2 nitrogen and oxygen atoms in total. The second-order valence-electron chi connectivity index (χ2n) is 2.88. The maximum Gasteiger partial charge on any atom is 0.395 e. The van der Waals surface area contributed by atoms with Crippen molar-refractivity contribution in [2.24, 2.45) is 5.92 Å². The minimum atomic E-state index is -4.09. The summed E-state index contributed by atoms with van der Waals surface area (Å²) in [4.78, 5) is 0. The molecule has 11 heavy (non-hydrogen) atoms. The van der Waals surface area contributed by atoms with Crippen molar-refractivity contribution in [3.8, 4) is 0 Å². The zero-order valence-corrected chi connectivity index (χ0v) is 5.69. The average Bonchev–Trinajstić information content (AvgIpc) is 2.58. The number of hydrogen-bond donors (Lipinski definition) is 1. The predicted octanol–water partition coefficient (Wildman–Crippen LogP) is 0.535. The van der Waals surface area contributed by atoms with E-state index in [1.807, 2.05) is 0 Å². The highest BCUT2D eigenvalue weighted by Crippen LogP contribution is 2.47. The predicted molar refractivity (Wildman–Crippen MR) is 31.1 cm³/mol. The first-order chi connectivity index (χ1) is 5.11. The Kier molecular flexibility index (Phi) is 1.41. The van der Waals surface area contributed by atoms with Crippen LogP contribution in [-0.2, 0) is 4.74 Å². The number of ether oxygens (including phenoxy) is 1. The Labute approximate surface area is 61.7 Å². The molecule has 0 amide bonds. The summed E-state index contributed by atoms with van der Waals surface area (Å²) in [6.07, 6.45) is -4.70. The fraction of sp³-hybridized carbons (Fsp3) is 1.00. The van der Waals surface area contributed by atoms with Gasteiger partial charge in [0.2, 0.25) is 0 Å². The van der Waals surface area contributed by atoms with Gasteiger partial charge in [-0.1, -0.05) is 0 Å². The van der Waals surface area contributed by atoms with Crippen LogP contribution < -0.4 is 5.32 Å². The molecule has 3 atom stereocenters. The Bertz CT molecular complexity index is 158. The summed E-state index contributed by atoms with van der Waals surface area (Å²) >= 11 is 0. The number of alkyl halides is 3. The quantitative estimate of drug-likeness (QED) is 0.568. The molecular formula is C6H8F3NO. The number of nitrogens with one attached hydrogen (secondary N) is 1. The monoisotopic (exact) mass is 167 g/mol. The van der Waals surface area contributed by atoms with Crippen molar-refractivity contribution in [2.45, 2.75) is 18.3 Å². The highest BCUT2D eigenvalue weighted by atomic mass is 19.4. The topological polar surface area (TPSA) is 21.3 Å². The van der Waals surface area contributed by atoms with E-state index in [-0.39, 0.29) is 0 Å². The number of fused-ring (bicyclic) bond motifs is 1. The van der Waals surface area contributed by atoms with E-state index in [1.165, 1.54) is 0 Å². The van der Waals surface area contributed by atoms with Gasteiger partial charge in [-0.05, 0) is 0 Å². The Morgan fingerprint density at radius 2 is 2.09 bits per heavy atom. The fourth-order valence-electron chi connectivity index (χ4n) is 1.54. The van der Waals surface area contributed by atoms with Crippen molar-refractivity contribution in [1.82, 2.24) is 5.32 Å². The van der Waals surface area contributed by atoms with Gasteiger partial charge in [0.05, 0.1) is 12.7 Å². The van der Waals surface area contributed by atoms with Crippen molar-refractivity contribution in [1.29, 1.82) is 0 Å². The molecule has 1 aliphatic heterocycles. The summed E-state index contributed by atoms with van der Waals surface area (Å²) in [5.41, 5.74) is 0. The van der Waals surface area contributed by atoms with E-state index in [1.54, 1.807) is 0 Å². The van der Waals surface area contributed by atoms with E-state index in [2.05, 4.69) is 5.32 Å². The van der Waals surface area contributed by atoms with Gasteiger partial charge in [-0.25, -0.2) is 0 Å². The number of halogens is 3. The lowest BCUT2D eigenvalue weighted by atomic mass is 10.4. The first kappa shape index (κ1) is 7.36. The van der Waals surface area contributed by atoms with Gasteiger partial charge in [-0.3, -0.25) is 0 Å². The van der Waals surface area contributed by atoms with Gasteiger partial charge in [0.25, 0.3) is 0 Å². The van der Waals surface area contributed by atoms with Crippen molar-refractivity contribution in [3.63, 3.8) is 0 Å². The molecule has 2 fully saturated rings. The molecule has 64 valence electrons. The van der Waals surface area contributed by atoms with Crippen LogP contribution in [0.25, 0.3) is 0 Å². The molecular weight excluding hydrogens is 159 g/mol.